The van der Waals surface area contributed by atoms with Crippen molar-refractivity contribution in [2.75, 3.05) is 13.2 Å². The Morgan fingerprint density at radius 3 is 2.90 bits per heavy atom. The van der Waals surface area contributed by atoms with Gasteiger partial charge in [0.2, 0.25) is 0 Å². The van der Waals surface area contributed by atoms with Gasteiger partial charge >= 0.3 is 0 Å². The van der Waals surface area contributed by atoms with Gasteiger partial charge in [0.15, 0.2) is 5.79 Å². The van der Waals surface area contributed by atoms with E-state index in [-0.39, 0.29) is 17.8 Å². The average molecular weight is 279 g/mol. The highest BCUT2D eigenvalue weighted by Crippen LogP contribution is 2.37. The number of carbonyl (C=O) groups excluding carboxylic acids is 1. The van der Waals surface area contributed by atoms with Gasteiger partial charge in [-0.15, -0.1) is 0 Å². The number of hydrogen-bond acceptors (Lipinski definition) is 4. The Hall–Kier alpha value is -1.33. The van der Waals surface area contributed by atoms with Gasteiger partial charge in [-0.3, -0.25) is 4.79 Å². The first kappa shape index (κ1) is 13.6. The first-order valence-electron chi connectivity index (χ1n) is 7.33. The molecule has 0 bridgehead atoms. The molecule has 1 aliphatic heterocycles. The van der Waals surface area contributed by atoms with Crippen molar-refractivity contribution < 1.29 is 18.7 Å². The third kappa shape index (κ3) is 2.74. The molecule has 1 N–H and O–H groups in total. The number of hydrogen-bond donors (Lipinski definition) is 1. The molecule has 1 spiro atoms. The Morgan fingerprint density at radius 1 is 1.40 bits per heavy atom. The van der Waals surface area contributed by atoms with Gasteiger partial charge in [-0.05, 0) is 25.8 Å². The highest BCUT2D eigenvalue weighted by molar-refractivity contribution is 5.95. The molecule has 1 aromatic rings. The van der Waals surface area contributed by atoms with E-state index in [9.17, 15) is 4.79 Å². The summed E-state index contributed by atoms with van der Waals surface area (Å²) in [5.41, 5.74) is 0.580. The first-order chi connectivity index (χ1) is 9.69. The summed E-state index contributed by atoms with van der Waals surface area (Å²) in [4.78, 5) is 12.0. The number of rotatable bonds is 3. The van der Waals surface area contributed by atoms with E-state index in [1.165, 1.54) is 12.7 Å². The molecule has 2 aliphatic rings. The molecule has 5 heteroatoms. The van der Waals surface area contributed by atoms with E-state index in [2.05, 4.69) is 5.32 Å². The highest BCUT2D eigenvalue weighted by Gasteiger charge is 2.42. The zero-order chi connectivity index (χ0) is 14.0. The number of carbonyl (C=O) groups is 1. The Labute approximate surface area is 118 Å². The van der Waals surface area contributed by atoms with Crippen LogP contribution in [-0.4, -0.2) is 30.9 Å². The van der Waals surface area contributed by atoms with E-state index in [0.29, 0.717) is 24.5 Å². The van der Waals surface area contributed by atoms with Gasteiger partial charge in [-0.25, -0.2) is 0 Å². The van der Waals surface area contributed by atoms with Crippen LogP contribution in [0.4, 0.5) is 0 Å². The average Bonchev–Trinajstić information content (AvgIpc) is 3.04. The molecule has 2 heterocycles. The summed E-state index contributed by atoms with van der Waals surface area (Å²) >= 11 is 0. The molecule has 0 radical (unpaired) electrons. The van der Waals surface area contributed by atoms with Crippen LogP contribution in [0.15, 0.2) is 16.7 Å². The number of ether oxygens (including phenoxy) is 2. The van der Waals surface area contributed by atoms with Gasteiger partial charge in [0.25, 0.3) is 5.91 Å². The summed E-state index contributed by atoms with van der Waals surface area (Å²) < 4.78 is 17.0. The Balaban J connectivity index is 1.50. The molecule has 1 saturated carbocycles. The van der Waals surface area contributed by atoms with Crippen molar-refractivity contribution in [1.82, 2.24) is 5.32 Å². The lowest BCUT2D eigenvalue weighted by Crippen LogP contribution is -2.37. The molecule has 1 atom stereocenters. The van der Waals surface area contributed by atoms with Crippen molar-refractivity contribution in [2.24, 2.45) is 0 Å². The summed E-state index contributed by atoms with van der Waals surface area (Å²) in [6, 6.07) is 1.68. The van der Waals surface area contributed by atoms with Crippen molar-refractivity contribution in [1.29, 1.82) is 0 Å². The molecule has 1 saturated heterocycles. The molecule has 0 unspecified atom stereocenters. The molecular formula is C15H21NO4. The molecule has 20 heavy (non-hydrogen) atoms. The van der Waals surface area contributed by atoms with Crippen LogP contribution in [0.3, 0.4) is 0 Å². The van der Waals surface area contributed by atoms with Crippen LogP contribution in [-0.2, 0) is 9.47 Å². The van der Waals surface area contributed by atoms with Crippen LogP contribution in [0.1, 0.15) is 48.2 Å². The SMILES string of the molecule is Cc1occc1C(=O)NC[C@@H]1COC2(CCCCC2)O1. The lowest BCUT2D eigenvalue weighted by atomic mass is 9.94. The molecule has 2 fully saturated rings. The minimum absolute atomic E-state index is 0.0516. The van der Waals surface area contributed by atoms with Gasteiger partial charge in [0.1, 0.15) is 11.9 Å². The van der Waals surface area contributed by atoms with Crippen molar-refractivity contribution >= 4 is 5.91 Å². The molecular weight excluding hydrogens is 258 g/mol. The minimum Gasteiger partial charge on any atom is -0.469 e. The Kier molecular flexibility index (Phi) is 3.81. The lowest BCUT2D eigenvalue weighted by molar-refractivity contribution is -0.186. The van der Waals surface area contributed by atoms with Crippen LogP contribution < -0.4 is 5.32 Å². The maximum absolute atomic E-state index is 12.0. The quantitative estimate of drug-likeness (QED) is 0.923. The zero-order valence-electron chi connectivity index (χ0n) is 11.8. The second-order valence-electron chi connectivity index (χ2n) is 5.62. The zero-order valence-corrected chi connectivity index (χ0v) is 11.8. The van der Waals surface area contributed by atoms with E-state index in [0.717, 1.165) is 25.7 Å². The summed E-state index contributed by atoms with van der Waals surface area (Å²) in [6.45, 7) is 2.82. The fraction of sp³-hybridized carbons (Fsp3) is 0.667. The second-order valence-corrected chi connectivity index (χ2v) is 5.62. The van der Waals surface area contributed by atoms with E-state index in [1.54, 1.807) is 13.0 Å². The van der Waals surface area contributed by atoms with Crippen molar-refractivity contribution in [3.8, 4) is 0 Å². The third-order valence-electron chi connectivity index (χ3n) is 4.12. The largest absolute Gasteiger partial charge is 0.469 e. The third-order valence-corrected chi connectivity index (χ3v) is 4.12. The Bertz CT molecular complexity index is 476. The van der Waals surface area contributed by atoms with Crippen molar-refractivity contribution in [3.63, 3.8) is 0 Å². The van der Waals surface area contributed by atoms with Gasteiger partial charge in [-0.2, -0.15) is 0 Å². The minimum atomic E-state index is -0.376. The molecule has 1 aromatic heterocycles. The van der Waals surface area contributed by atoms with Crippen LogP contribution in [0.2, 0.25) is 0 Å². The normalized spacial score (nSPS) is 24.9. The van der Waals surface area contributed by atoms with E-state index < -0.39 is 0 Å². The highest BCUT2D eigenvalue weighted by atomic mass is 16.7. The molecule has 0 aromatic carbocycles. The van der Waals surface area contributed by atoms with Gasteiger partial charge in [0.05, 0.1) is 18.4 Å². The maximum Gasteiger partial charge on any atom is 0.254 e. The summed E-state index contributed by atoms with van der Waals surface area (Å²) in [5, 5.41) is 2.89. The van der Waals surface area contributed by atoms with Crippen LogP contribution in [0.5, 0.6) is 0 Å². The van der Waals surface area contributed by atoms with Crippen LogP contribution in [0.25, 0.3) is 0 Å². The molecule has 5 nitrogen and oxygen atoms in total. The number of furan rings is 1. The Morgan fingerprint density at radius 2 is 2.20 bits per heavy atom. The monoisotopic (exact) mass is 279 g/mol. The molecule has 110 valence electrons. The lowest BCUT2D eigenvalue weighted by Gasteiger charge is -2.31. The molecule has 1 aliphatic carbocycles. The second kappa shape index (κ2) is 5.58. The van der Waals surface area contributed by atoms with Gasteiger partial charge in [0, 0.05) is 19.4 Å². The maximum atomic E-state index is 12.0. The summed E-state index contributed by atoms with van der Waals surface area (Å²) in [7, 11) is 0. The van der Waals surface area contributed by atoms with E-state index >= 15 is 0 Å². The van der Waals surface area contributed by atoms with Crippen LogP contribution in [0, 0.1) is 6.92 Å². The standard InChI is InChI=1S/C15H21NO4/c1-11-13(5-8-18-11)14(17)16-9-12-10-19-15(20-12)6-3-2-4-7-15/h5,8,12H,2-4,6-7,9-10H2,1H3,(H,16,17)/t12-/m1/s1. The number of nitrogens with one attached hydrogen (secondary N) is 1. The summed E-state index contributed by atoms with van der Waals surface area (Å²) in [5.74, 6) is 0.137. The fourth-order valence-electron chi connectivity index (χ4n) is 2.99. The van der Waals surface area contributed by atoms with Crippen molar-refractivity contribution in [3.05, 3.63) is 23.7 Å². The topological polar surface area (TPSA) is 60.7 Å². The molecule has 3 rings (SSSR count). The number of amides is 1. The van der Waals surface area contributed by atoms with Crippen LogP contribution >= 0.6 is 0 Å². The smallest absolute Gasteiger partial charge is 0.254 e. The predicted octanol–water partition coefficient (Wildman–Crippen LogP) is 2.39. The van der Waals surface area contributed by atoms with Gasteiger partial charge in [-0.1, -0.05) is 6.42 Å². The van der Waals surface area contributed by atoms with Crippen molar-refractivity contribution in [2.45, 2.75) is 50.9 Å². The predicted molar refractivity (Wildman–Crippen MR) is 72.4 cm³/mol. The summed E-state index contributed by atoms with van der Waals surface area (Å²) in [6.07, 6.45) is 6.99. The number of aryl methyl sites for hydroxylation is 1. The van der Waals surface area contributed by atoms with E-state index in [4.69, 9.17) is 13.9 Å². The van der Waals surface area contributed by atoms with Gasteiger partial charge < -0.3 is 19.2 Å². The first-order valence-corrected chi connectivity index (χ1v) is 7.33. The fourth-order valence-corrected chi connectivity index (χ4v) is 2.99. The molecule has 1 amide bonds. The van der Waals surface area contributed by atoms with E-state index in [1.807, 2.05) is 0 Å².